The number of aromatic nitrogens is 2. The van der Waals surface area contributed by atoms with Gasteiger partial charge >= 0.3 is 18.2 Å². The summed E-state index contributed by atoms with van der Waals surface area (Å²) in [6.07, 6.45) is -5.47. The van der Waals surface area contributed by atoms with Crippen molar-refractivity contribution < 1.29 is 32.6 Å². The average molecular weight is 349 g/mol. The van der Waals surface area contributed by atoms with Gasteiger partial charge in [0.15, 0.2) is 0 Å². The molecule has 2 unspecified atom stereocenters. The second-order valence-electron chi connectivity index (χ2n) is 6.59. The predicted molar refractivity (Wildman–Crippen MR) is 76.6 cm³/mol. The highest BCUT2D eigenvalue weighted by molar-refractivity contribution is 5.92. The highest BCUT2D eigenvalue weighted by Gasteiger charge is 2.57. The predicted octanol–water partition coefficient (Wildman–Crippen LogP) is 2.35. The summed E-state index contributed by atoms with van der Waals surface area (Å²) in [4.78, 5) is 24.1. The molecule has 0 saturated heterocycles. The monoisotopic (exact) mass is 349 g/mol. The number of amides is 1. The number of halogens is 3. The van der Waals surface area contributed by atoms with Crippen LogP contribution in [0.2, 0.25) is 0 Å². The van der Waals surface area contributed by atoms with Crippen LogP contribution in [-0.4, -0.2) is 44.8 Å². The number of aryl methyl sites for hydroxylation is 1. The Balaban J connectivity index is 2.59. The van der Waals surface area contributed by atoms with E-state index < -0.39 is 35.8 Å². The standard InChI is InChI=1S/C14H18F3N3O4/c1-13(2,3)24-12(23)20-9-6-18-19(4)8(9)5-7(11(21)22)10(20)14(15,16)17/h6-7,10H,5H2,1-4H3,(H,21,22). The van der Waals surface area contributed by atoms with Gasteiger partial charge in [0.25, 0.3) is 0 Å². The van der Waals surface area contributed by atoms with Gasteiger partial charge in [-0.05, 0) is 20.8 Å². The van der Waals surface area contributed by atoms with Crippen LogP contribution in [0.1, 0.15) is 26.5 Å². The van der Waals surface area contributed by atoms with E-state index in [0.717, 1.165) is 6.20 Å². The second-order valence-corrected chi connectivity index (χ2v) is 6.59. The molecule has 134 valence electrons. The lowest BCUT2D eigenvalue weighted by molar-refractivity contribution is -0.174. The molecule has 0 saturated carbocycles. The third-order valence-corrected chi connectivity index (χ3v) is 3.61. The summed E-state index contributed by atoms with van der Waals surface area (Å²) in [5.41, 5.74) is -0.897. The maximum Gasteiger partial charge on any atom is 0.415 e. The molecular weight excluding hydrogens is 331 g/mol. The van der Waals surface area contributed by atoms with Crippen molar-refractivity contribution in [2.24, 2.45) is 13.0 Å². The largest absolute Gasteiger partial charge is 0.481 e. The minimum Gasteiger partial charge on any atom is -0.481 e. The van der Waals surface area contributed by atoms with E-state index in [-0.39, 0.29) is 17.8 Å². The fraction of sp³-hybridized carbons (Fsp3) is 0.643. The highest BCUT2D eigenvalue weighted by atomic mass is 19.4. The molecule has 2 rings (SSSR count). The number of carboxylic acid groups (broad SMARTS) is 1. The molecule has 1 amide bonds. The topological polar surface area (TPSA) is 84.7 Å². The molecular formula is C14H18F3N3O4. The number of anilines is 1. The van der Waals surface area contributed by atoms with Crippen molar-refractivity contribution in [1.29, 1.82) is 0 Å². The molecule has 1 aliphatic heterocycles. The lowest BCUT2D eigenvalue weighted by atomic mass is 9.88. The number of ether oxygens (including phenoxy) is 1. The molecule has 0 radical (unpaired) electrons. The third-order valence-electron chi connectivity index (χ3n) is 3.61. The summed E-state index contributed by atoms with van der Waals surface area (Å²) in [5.74, 6) is -3.49. The van der Waals surface area contributed by atoms with Crippen LogP contribution in [0.25, 0.3) is 0 Å². The summed E-state index contributed by atoms with van der Waals surface area (Å²) in [7, 11) is 1.47. The summed E-state index contributed by atoms with van der Waals surface area (Å²) in [6.45, 7) is 4.53. The van der Waals surface area contributed by atoms with Gasteiger partial charge in [0.1, 0.15) is 11.6 Å². The molecule has 1 aliphatic rings. The fourth-order valence-electron chi connectivity index (χ4n) is 2.66. The Kier molecular flexibility index (Phi) is 4.28. The highest BCUT2D eigenvalue weighted by Crippen LogP contribution is 2.41. The molecule has 0 fully saturated rings. The first kappa shape index (κ1) is 18.1. The Morgan fingerprint density at radius 1 is 1.33 bits per heavy atom. The smallest absolute Gasteiger partial charge is 0.415 e. The van der Waals surface area contributed by atoms with Crippen molar-refractivity contribution >= 4 is 17.7 Å². The maximum absolute atomic E-state index is 13.6. The van der Waals surface area contributed by atoms with E-state index in [1.807, 2.05) is 0 Å². The number of nitrogens with zero attached hydrogens (tertiary/aromatic N) is 3. The molecule has 1 aromatic heterocycles. The Labute approximate surface area is 136 Å². The molecule has 10 heteroatoms. The van der Waals surface area contributed by atoms with Crippen molar-refractivity contribution in [3.05, 3.63) is 11.9 Å². The number of hydrogen-bond acceptors (Lipinski definition) is 4. The summed E-state index contributed by atoms with van der Waals surface area (Å²) < 4.78 is 47.0. The van der Waals surface area contributed by atoms with E-state index in [2.05, 4.69) is 5.10 Å². The summed E-state index contributed by atoms with van der Waals surface area (Å²) in [6, 6.07) is -2.53. The number of carbonyl (C=O) groups excluding carboxylic acids is 1. The lowest BCUT2D eigenvalue weighted by Gasteiger charge is -2.40. The number of hydrogen-bond donors (Lipinski definition) is 1. The molecule has 0 spiro atoms. The normalized spacial score (nSPS) is 21.4. The Hall–Kier alpha value is -2.26. The van der Waals surface area contributed by atoms with Gasteiger partial charge in [0.05, 0.1) is 23.5 Å². The zero-order chi connectivity index (χ0) is 18.4. The fourth-order valence-corrected chi connectivity index (χ4v) is 2.66. The quantitative estimate of drug-likeness (QED) is 0.841. The van der Waals surface area contributed by atoms with Crippen LogP contribution in [0, 0.1) is 5.92 Å². The summed E-state index contributed by atoms with van der Waals surface area (Å²) >= 11 is 0. The van der Waals surface area contributed by atoms with Gasteiger partial charge < -0.3 is 9.84 Å². The van der Waals surface area contributed by atoms with Gasteiger partial charge in [-0.3, -0.25) is 14.4 Å². The van der Waals surface area contributed by atoms with Crippen molar-refractivity contribution in [1.82, 2.24) is 9.78 Å². The Bertz CT molecular complexity index is 663. The number of carbonyl (C=O) groups is 2. The van der Waals surface area contributed by atoms with Gasteiger partial charge in [-0.15, -0.1) is 0 Å². The van der Waals surface area contributed by atoms with E-state index >= 15 is 0 Å². The van der Waals surface area contributed by atoms with Crippen molar-refractivity contribution in [3.8, 4) is 0 Å². The van der Waals surface area contributed by atoms with Crippen LogP contribution in [0.4, 0.5) is 23.7 Å². The van der Waals surface area contributed by atoms with Crippen LogP contribution in [0.15, 0.2) is 6.20 Å². The minimum atomic E-state index is -4.94. The average Bonchev–Trinajstić information content (AvgIpc) is 2.75. The van der Waals surface area contributed by atoms with Gasteiger partial charge in [-0.2, -0.15) is 18.3 Å². The number of rotatable bonds is 1. The molecule has 0 aromatic carbocycles. The number of aliphatic carboxylic acids is 1. The van der Waals surface area contributed by atoms with Crippen LogP contribution >= 0.6 is 0 Å². The van der Waals surface area contributed by atoms with E-state index in [1.165, 1.54) is 32.5 Å². The molecule has 7 nitrogen and oxygen atoms in total. The van der Waals surface area contributed by atoms with Gasteiger partial charge in [0, 0.05) is 13.5 Å². The van der Waals surface area contributed by atoms with Gasteiger partial charge in [-0.1, -0.05) is 0 Å². The van der Waals surface area contributed by atoms with Crippen molar-refractivity contribution in [2.75, 3.05) is 4.90 Å². The third kappa shape index (κ3) is 3.31. The minimum absolute atomic E-state index is 0.0911. The van der Waals surface area contributed by atoms with Crippen LogP contribution in [0.5, 0.6) is 0 Å². The van der Waals surface area contributed by atoms with E-state index in [9.17, 15) is 27.9 Å². The number of fused-ring (bicyclic) bond motifs is 1. The number of alkyl halides is 3. The van der Waals surface area contributed by atoms with E-state index in [1.54, 1.807) is 0 Å². The first-order chi connectivity index (χ1) is 10.8. The van der Waals surface area contributed by atoms with Crippen molar-refractivity contribution in [3.63, 3.8) is 0 Å². The Morgan fingerprint density at radius 3 is 2.38 bits per heavy atom. The van der Waals surface area contributed by atoms with E-state index in [4.69, 9.17) is 4.74 Å². The van der Waals surface area contributed by atoms with E-state index in [0.29, 0.717) is 4.90 Å². The van der Waals surface area contributed by atoms with Crippen LogP contribution in [-0.2, 0) is 23.0 Å². The molecule has 0 bridgehead atoms. The molecule has 0 aliphatic carbocycles. The first-order valence-corrected chi connectivity index (χ1v) is 7.15. The van der Waals surface area contributed by atoms with Gasteiger partial charge in [0.2, 0.25) is 0 Å². The zero-order valence-corrected chi connectivity index (χ0v) is 13.6. The van der Waals surface area contributed by atoms with Crippen LogP contribution < -0.4 is 4.90 Å². The number of carboxylic acids is 1. The molecule has 1 N–H and O–H groups in total. The lowest BCUT2D eigenvalue weighted by Crippen LogP contribution is -2.59. The molecule has 2 atom stereocenters. The molecule has 2 heterocycles. The second kappa shape index (κ2) is 5.67. The van der Waals surface area contributed by atoms with Gasteiger partial charge in [-0.25, -0.2) is 4.79 Å². The SMILES string of the molecule is Cn1ncc2c1CC(C(=O)O)C(C(F)(F)F)N2C(=O)OC(C)(C)C. The Morgan fingerprint density at radius 2 is 1.92 bits per heavy atom. The maximum atomic E-state index is 13.6. The first-order valence-electron chi connectivity index (χ1n) is 7.15. The molecule has 24 heavy (non-hydrogen) atoms. The molecule has 1 aromatic rings. The van der Waals surface area contributed by atoms with Crippen LogP contribution in [0.3, 0.4) is 0 Å². The van der Waals surface area contributed by atoms with Crippen molar-refractivity contribution in [2.45, 2.75) is 45.0 Å². The summed E-state index contributed by atoms with van der Waals surface area (Å²) in [5, 5.41) is 13.1. The zero-order valence-electron chi connectivity index (χ0n) is 13.6.